The molecule has 8 heteroatoms. The van der Waals surface area contributed by atoms with Crippen molar-refractivity contribution in [2.24, 2.45) is 5.10 Å². The van der Waals surface area contributed by atoms with Gasteiger partial charge in [-0.1, -0.05) is 0 Å². The molecule has 0 atom stereocenters. The van der Waals surface area contributed by atoms with E-state index in [9.17, 15) is 9.59 Å². The molecule has 0 saturated heterocycles. The number of carbonyl (C=O) groups excluding carboxylic acids is 2. The molecule has 2 aromatic carbocycles. The predicted molar refractivity (Wildman–Crippen MR) is 125 cm³/mol. The molecule has 172 valence electrons. The first kappa shape index (κ1) is 23.6. The van der Waals surface area contributed by atoms with Gasteiger partial charge >= 0.3 is 5.97 Å². The summed E-state index contributed by atoms with van der Waals surface area (Å²) in [6.45, 7) is 5.89. The summed E-state index contributed by atoms with van der Waals surface area (Å²) in [7, 11) is 1.58. The number of hydrogen-bond acceptors (Lipinski definition) is 6. The molecule has 1 amide bonds. The normalized spacial score (nSPS) is 10.8. The van der Waals surface area contributed by atoms with E-state index in [1.165, 1.54) is 0 Å². The van der Waals surface area contributed by atoms with Crippen LogP contribution in [-0.2, 0) is 9.53 Å². The van der Waals surface area contributed by atoms with Crippen molar-refractivity contribution in [2.45, 2.75) is 20.8 Å². The number of methoxy groups -OCH3 is 1. The SMILES string of the molecule is CCOC(=O)c1ccc(-n2c(C)cc(/C=N/NC(=O)COc3ccc(OC)cc3)c2C)cc1. The Morgan fingerprint density at radius 1 is 1.03 bits per heavy atom. The zero-order valence-electron chi connectivity index (χ0n) is 19.1. The fraction of sp³-hybridized carbons (Fsp3) is 0.240. The standard InChI is InChI=1S/C25H27N3O5/c1-5-32-25(30)19-6-8-21(9-7-19)28-17(2)14-20(18(28)3)15-26-27-24(29)16-33-23-12-10-22(31-4)11-13-23/h6-15H,5,16H2,1-4H3,(H,27,29)/b26-15+. The van der Waals surface area contributed by atoms with Gasteiger partial charge in [-0.15, -0.1) is 0 Å². The minimum Gasteiger partial charge on any atom is -0.497 e. The highest BCUT2D eigenvalue weighted by molar-refractivity contribution is 5.89. The summed E-state index contributed by atoms with van der Waals surface area (Å²) < 4.78 is 17.6. The van der Waals surface area contributed by atoms with Crippen LogP contribution in [0.3, 0.4) is 0 Å². The molecule has 0 unspecified atom stereocenters. The second-order valence-corrected chi connectivity index (χ2v) is 7.19. The third-order valence-electron chi connectivity index (χ3n) is 4.93. The lowest BCUT2D eigenvalue weighted by molar-refractivity contribution is -0.123. The van der Waals surface area contributed by atoms with E-state index in [0.717, 1.165) is 22.6 Å². The number of hydrazone groups is 1. The van der Waals surface area contributed by atoms with Gasteiger partial charge in [-0.3, -0.25) is 4.79 Å². The Balaban J connectivity index is 1.60. The summed E-state index contributed by atoms with van der Waals surface area (Å²) in [6.07, 6.45) is 1.59. The molecule has 0 saturated carbocycles. The first-order valence-electron chi connectivity index (χ1n) is 10.5. The highest BCUT2D eigenvalue weighted by Crippen LogP contribution is 2.20. The molecule has 3 rings (SSSR count). The van der Waals surface area contributed by atoms with E-state index in [4.69, 9.17) is 14.2 Å². The van der Waals surface area contributed by atoms with E-state index in [0.29, 0.717) is 23.7 Å². The van der Waals surface area contributed by atoms with Crippen LogP contribution in [0.2, 0.25) is 0 Å². The minimum absolute atomic E-state index is 0.157. The molecular formula is C25H27N3O5. The molecule has 0 aliphatic rings. The Morgan fingerprint density at radius 2 is 1.70 bits per heavy atom. The zero-order valence-corrected chi connectivity index (χ0v) is 19.1. The second kappa shape index (κ2) is 11.0. The Kier molecular flexibility index (Phi) is 7.86. The average Bonchev–Trinajstić information content (AvgIpc) is 3.11. The van der Waals surface area contributed by atoms with Crippen LogP contribution in [0.15, 0.2) is 59.7 Å². The topological polar surface area (TPSA) is 91.2 Å². The Morgan fingerprint density at radius 3 is 2.33 bits per heavy atom. The number of benzene rings is 2. The van der Waals surface area contributed by atoms with Gasteiger partial charge < -0.3 is 18.8 Å². The van der Waals surface area contributed by atoms with Gasteiger partial charge in [0.2, 0.25) is 0 Å². The summed E-state index contributed by atoms with van der Waals surface area (Å²) in [6, 6.07) is 16.1. The lowest BCUT2D eigenvalue weighted by Gasteiger charge is -2.10. The summed E-state index contributed by atoms with van der Waals surface area (Å²) >= 11 is 0. The molecule has 3 aromatic rings. The highest BCUT2D eigenvalue weighted by Gasteiger charge is 2.11. The number of aryl methyl sites for hydroxylation is 1. The minimum atomic E-state index is -0.370. The van der Waals surface area contributed by atoms with Crippen LogP contribution in [0.25, 0.3) is 5.69 Å². The number of hydrogen-bond donors (Lipinski definition) is 1. The van der Waals surface area contributed by atoms with Crippen molar-refractivity contribution in [3.8, 4) is 17.2 Å². The first-order valence-corrected chi connectivity index (χ1v) is 10.5. The van der Waals surface area contributed by atoms with Crippen LogP contribution >= 0.6 is 0 Å². The number of rotatable bonds is 9. The van der Waals surface area contributed by atoms with Gasteiger partial charge in [-0.25, -0.2) is 10.2 Å². The van der Waals surface area contributed by atoms with Crippen molar-refractivity contribution in [3.05, 3.63) is 77.1 Å². The Hall–Kier alpha value is -4.07. The quantitative estimate of drug-likeness (QED) is 0.305. The first-order chi connectivity index (χ1) is 15.9. The van der Waals surface area contributed by atoms with Crippen molar-refractivity contribution >= 4 is 18.1 Å². The maximum atomic E-state index is 12.0. The number of nitrogens with one attached hydrogen (secondary N) is 1. The molecule has 1 aromatic heterocycles. The fourth-order valence-electron chi connectivity index (χ4n) is 3.30. The van der Waals surface area contributed by atoms with E-state index in [1.807, 2.05) is 36.6 Å². The van der Waals surface area contributed by atoms with Gasteiger partial charge in [0.15, 0.2) is 6.61 Å². The smallest absolute Gasteiger partial charge is 0.338 e. The molecule has 1 heterocycles. The molecule has 0 aliphatic carbocycles. The van der Waals surface area contributed by atoms with Crippen LogP contribution in [0, 0.1) is 13.8 Å². The van der Waals surface area contributed by atoms with E-state index in [1.54, 1.807) is 56.6 Å². The van der Waals surface area contributed by atoms with Gasteiger partial charge in [-0.05, 0) is 75.4 Å². The third-order valence-corrected chi connectivity index (χ3v) is 4.93. The molecule has 1 N–H and O–H groups in total. The summed E-state index contributed by atoms with van der Waals surface area (Å²) in [5, 5.41) is 4.05. The lowest BCUT2D eigenvalue weighted by Crippen LogP contribution is -2.24. The zero-order chi connectivity index (χ0) is 23.8. The Labute approximate surface area is 192 Å². The van der Waals surface area contributed by atoms with Gasteiger partial charge in [0.1, 0.15) is 11.5 Å². The number of aromatic nitrogens is 1. The number of nitrogens with zero attached hydrogens (tertiary/aromatic N) is 2. The second-order valence-electron chi connectivity index (χ2n) is 7.19. The maximum absolute atomic E-state index is 12.0. The van der Waals surface area contributed by atoms with Crippen molar-refractivity contribution in [3.63, 3.8) is 0 Å². The lowest BCUT2D eigenvalue weighted by atomic mass is 10.2. The predicted octanol–water partition coefficient (Wildman–Crippen LogP) is 3.81. The molecule has 8 nitrogen and oxygen atoms in total. The van der Waals surface area contributed by atoms with Crippen molar-refractivity contribution in [1.29, 1.82) is 0 Å². The maximum Gasteiger partial charge on any atom is 0.338 e. The van der Waals surface area contributed by atoms with Gasteiger partial charge in [-0.2, -0.15) is 5.10 Å². The van der Waals surface area contributed by atoms with Crippen molar-refractivity contribution < 1.29 is 23.8 Å². The summed E-state index contributed by atoms with van der Waals surface area (Å²) in [5.41, 5.74) is 6.69. The third kappa shape index (κ3) is 6.00. The molecule has 0 radical (unpaired) electrons. The summed E-state index contributed by atoms with van der Waals surface area (Å²) in [4.78, 5) is 23.9. The number of ether oxygens (including phenoxy) is 3. The van der Waals surface area contributed by atoms with Crippen LogP contribution in [0.4, 0.5) is 0 Å². The van der Waals surface area contributed by atoms with Crippen LogP contribution in [-0.4, -0.2) is 43.0 Å². The summed E-state index contributed by atoms with van der Waals surface area (Å²) in [5.74, 6) is 0.561. The molecule has 0 bridgehead atoms. The van der Waals surface area contributed by atoms with E-state index in [2.05, 4.69) is 10.5 Å². The highest BCUT2D eigenvalue weighted by atomic mass is 16.5. The molecular weight excluding hydrogens is 422 g/mol. The van der Waals surface area contributed by atoms with E-state index >= 15 is 0 Å². The van der Waals surface area contributed by atoms with Crippen LogP contribution in [0.1, 0.15) is 34.2 Å². The van der Waals surface area contributed by atoms with Crippen molar-refractivity contribution in [1.82, 2.24) is 9.99 Å². The van der Waals surface area contributed by atoms with E-state index in [-0.39, 0.29) is 18.5 Å². The average molecular weight is 450 g/mol. The molecule has 33 heavy (non-hydrogen) atoms. The van der Waals surface area contributed by atoms with Crippen LogP contribution in [0.5, 0.6) is 11.5 Å². The molecule has 0 aliphatic heterocycles. The molecule has 0 spiro atoms. The number of carbonyl (C=O) groups is 2. The molecule has 0 fully saturated rings. The van der Waals surface area contributed by atoms with Crippen molar-refractivity contribution in [2.75, 3.05) is 20.3 Å². The monoisotopic (exact) mass is 449 g/mol. The van der Waals surface area contributed by atoms with E-state index < -0.39 is 0 Å². The van der Waals surface area contributed by atoms with Gasteiger partial charge in [0, 0.05) is 22.6 Å². The largest absolute Gasteiger partial charge is 0.497 e. The van der Waals surface area contributed by atoms with Gasteiger partial charge in [0.05, 0.1) is 25.5 Å². The van der Waals surface area contributed by atoms with Crippen LogP contribution < -0.4 is 14.9 Å². The number of esters is 1. The Bertz CT molecular complexity index is 1130. The fourth-order valence-corrected chi connectivity index (χ4v) is 3.30. The van der Waals surface area contributed by atoms with Gasteiger partial charge in [0.25, 0.3) is 5.91 Å². The number of amides is 1.